The third kappa shape index (κ3) is 4.08. The van der Waals surface area contributed by atoms with Gasteiger partial charge in [-0.25, -0.2) is 0 Å². The lowest BCUT2D eigenvalue weighted by atomic mass is 10.1. The van der Waals surface area contributed by atoms with Crippen LogP contribution in [0.4, 0.5) is 0 Å². The van der Waals surface area contributed by atoms with Crippen LogP contribution in [0.1, 0.15) is 24.5 Å². The molecule has 0 fully saturated rings. The molecule has 0 amide bonds. The minimum absolute atomic E-state index is 0.142. The monoisotopic (exact) mass is 280 g/mol. The number of halogens is 1. The number of benzene rings is 1. The zero-order valence-corrected chi connectivity index (χ0v) is 10.9. The van der Waals surface area contributed by atoms with Gasteiger partial charge in [0.2, 0.25) is 0 Å². The standard InChI is InChI=1S/C13H13BrO2/c1-3-16-13(15)6-4-5-11-7-8-12(14)9-10(11)2/h7-9H,3,6H2,1-2H3. The van der Waals surface area contributed by atoms with E-state index in [1.165, 1.54) is 0 Å². The van der Waals surface area contributed by atoms with Crippen LogP contribution in [-0.2, 0) is 9.53 Å². The Hall–Kier alpha value is -1.27. The molecular weight excluding hydrogens is 268 g/mol. The number of hydrogen-bond donors (Lipinski definition) is 0. The van der Waals surface area contributed by atoms with Gasteiger partial charge in [-0.2, -0.15) is 0 Å². The van der Waals surface area contributed by atoms with E-state index in [2.05, 4.69) is 27.8 Å². The second kappa shape index (κ2) is 6.34. The van der Waals surface area contributed by atoms with Crippen molar-refractivity contribution >= 4 is 21.9 Å². The first-order chi connectivity index (χ1) is 7.63. The molecule has 0 atom stereocenters. The van der Waals surface area contributed by atoms with E-state index in [1.54, 1.807) is 6.92 Å². The summed E-state index contributed by atoms with van der Waals surface area (Å²) in [5.74, 6) is 5.49. The lowest BCUT2D eigenvalue weighted by molar-refractivity contribution is -0.141. The van der Waals surface area contributed by atoms with Gasteiger partial charge in [0.1, 0.15) is 6.42 Å². The Morgan fingerprint density at radius 2 is 2.25 bits per heavy atom. The molecule has 0 saturated heterocycles. The summed E-state index contributed by atoms with van der Waals surface area (Å²) in [6.45, 7) is 4.17. The molecule has 0 unspecified atom stereocenters. The summed E-state index contributed by atoms with van der Waals surface area (Å²) in [5.41, 5.74) is 2.03. The molecular formula is C13H13BrO2. The number of carbonyl (C=O) groups is 1. The van der Waals surface area contributed by atoms with E-state index in [0.717, 1.165) is 15.6 Å². The fourth-order valence-corrected chi connectivity index (χ4v) is 1.67. The third-order valence-electron chi connectivity index (χ3n) is 1.95. The summed E-state index contributed by atoms with van der Waals surface area (Å²) in [6, 6.07) is 5.85. The minimum Gasteiger partial charge on any atom is -0.465 e. The topological polar surface area (TPSA) is 26.3 Å². The summed E-state index contributed by atoms with van der Waals surface area (Å²) in [4.78, 5) is 11.0. The van der Waals surface area contributed by atoms with Crippen molar-refractivity contribution in [3.8, 4) is 11.8 Å². The highest BCUT2D eigenvalue weighted by Gasteiger charge is 1.97. The molecule has 1 aromatic carbocycles. The van der Waals surface area contributed by atoms with Crippen molar-refractivity contribution in [3.05, 3.63) is 33.8 Å². The number of ether oxygens (including phenoxy) is 1. The van der Waals surface area contributed by atoms with Crippen LogP contribution in [0.5, 0.6) is 0 Å². The highest BCUT2D eigenvalue weighted by Crippen LogP contribution is 2.14. The van der Waals surface area contributed by atoms with Crippen LogP contribution in [0.25, 0.3) is 0 Å². The molecule has 1 rings (SSSR count). The van der Waals surface area contributed by atoms with Crippen LogP contribution in [0.3, 0.4) is 0 Å². The predicted molar refractivity (Wildman–Crippen MR) is 67.0 cm³/mol. The molecule has 84 valence electrons. The number of carbonyl (C=O) groups excluding carboxylic acids is 1. The largest absolute Gasteiger partial charge is 0.465 e. The average molecular weight is 281 g/mol. The molecule has 0 radical (unpaired) electrons. The van der Waals surface area contributed by atoms with E-state index in [-0.39, 0.29) is 12.4 Å². The maximum Gasteiger partial charge on any atom is 0.317 e. The SMILES string of the molecule is CCOC(=O)CC#Cc1ccc(Br)cc1C. The molecule has 0 aliphatic rings. The van der Waals surface area contributed by atoms with Crippen molar-refractivity contribution in [1.82, 2.24) is 0 Å². The molecule has 0 aliphatic carbocycles. The van der Waals surface area contributed by atoms with Crippen LogP contribution < -0.4 is 0 Å². The molecule has 1 aromatic rings. The van der Waals surface area contributed by atoms with Crippen LogP contribution in [0.2, 0.25) is 0 Å². The summed E-state index contributed by atoms with van der Waals surface area (Å²) in [6.07, 6.45) is 0.142. The quantitative estimate of drug-likeness (QED) is 0.615. The van der Waals surface area contributed by atoms with Crippen molar-refractivity contribution in [3.63, 3.8) is 0 Å². The Kier molecular flexibility index (Phi) is 5.07. The third-order valence-corrected chi connectivity index (χ3v) is 2.44. The van der Waals surface area contributed by atoms with Gasteiger partial charge < -0.3 is 4.74 Å². The van der Waals surface area contributed by atoms with Gasteiger partial charge in [-0.1, -0.05) is 27.8 Å². The molecule has 0 N–H and O–H groups in total. The Balaban J connectivity index is 2.66. The van der Waals surface area contributed by atoms with Gasteiger partial charge in [-0.15, -0.1) is 0 Å². The van der Waals surface area contributed by atoms with E-state index >= 15 is 0 Å². The van der Waals surface area contributed by atoms with E-state index in [1.807, 2.05) is 25.1 Å². The van der Waals surface area contributed by atoms with Gasteiger partial charge in [0.05, 0.1) is 6.61 Å². The van der Waals surface area contributed by atoms with Crippen molar-refractivity contribution in [1.29, 1.82) is 0 Å². The Morgan fingerprint density at radius 1 is 1.50 bits per heavy atom. The smallest absolute Gasteiger partial charge is 0.317 e. The molecule has 0 aromatic heterocycles. The van der Waals surface area contributed by atoms with E-state index < -0.39 is 0 Å². The first-order valence-corrected chi connectivity index (χ1v) is 5.83. The van der Waals surface area contributed by atoms with Gasteiger partial charge in [0.15, 0.2) is 0 Å². The lowest BCUT2D eigenvalue weighted by Gasteiger charge is -1.98. The fraction of sp³-hybridized carbons (Fsp3) is 0.308. The summed E-state index contributed by atoms with van der Waals surface area (Å²) in [5, 5.41) is 0. The first kappa shape index (κ1) is 12.8. The highest BCUT2D eigenvalue weighted by molar-refractivity contribution is 9.10. The Bertz CT molecular complexity index is 441. The van der Waals surface area contributed by atoms with E-state index in [0.29, 0.717) is 6.61 Å². The number of rotatable bonds is 2. The highest BCUT2D eigenvalue weighted by atomic mass is 79.9. The van der Waals surface area contributed by atoms with Crippen molar-refractivity contribution in [2.24, 2.45) is 0 Å². The molecule has 2 nitrogen and oxygen atoms in total. The summed E-state index contributed by atoms with van der Waals surface area (Å²) in [7, 11) is 0. The molecule has 0 saturated carbocycles. The molecule has 0 spiro atoms. The van der Waals surface area contributed by atoms with Gasteiger partial charge in [0.25, 0.3) is 0 Å². The number of hydrogen-bond acceptors (Lipinski definition) is 2. The Labute approximate surface area is 104 Å². The number of aryl methyl sites for hydroxylation is 1. The maximum atomic E-state index is 11.0. The first-order valence-electron chi connectivity index (χ1n) is 5.04. The van der Waals surface area contributed by atoms with Crippen molar-refractivity contribution in [2.45, 2.75) is 20.3 Å². The second-order valence-corrected chi connectivity index (χ2v) is 4.16. The zero-order valence-electron chi connectivity index (χ0n) is 9.34. The minimum atomic E-state index is -0.273. The van der Waals surface area contributed by atoms with E-state index in [9.17, 15) is 4.79 Å². The van der Waals surface area contributed by atoms with Crippen LogP contribution in [0, 0.1) is 18.8 Å². The zero-order chi connectivity index (χ0) is 12.0. The molecule has 0 heterocycles. The lowest BCUT2D eigenvalue weighted by Crippen LogP contribution is -2.01. The van der Waals surface area contributed by atoms with Crippen molar-refractivity contribution < 1.29 is 9.53 Å². The van der Waals surface area contributed by atoms with Gasteiger partial charge in [0, 0.05) is 10.0 Å². The average Bonchev–Trinajstić information content (AvgIpc) is 2.22. The molecule has 3 heteroatoms. The van der Waals surface area contributed by atoms with E-state index in [4.69, 9.17) is 4.74 Å². The predicted octanol–water partition coefficient (Wildman–Crippen LogP) is 3.06. The molecule has 16 heavy (non-hydrogen) atoms. The van der Waals surface area contributed by atoms with Gasteiger partial charge in [-0.05, 0) is 37.6 Å². The van der Waals surface area contributed by atoms with Crippen LogP contribution in [0.15, 0.2) is 22.7 Å². The van der Waals surface area contributed by atoms with Crippen LogP contribution in [-0.4, -0.2) is 12.6 Å². The van der Waals surface area contributed by atoms with Crippen LogP contribution >= 0.6 is 15.9 Å². The number of esters is 1. The second-order valence-electron chi connectivity index (χ2n) is 3.24. The van der Waals surface area contributed by atoms with Crippen molar-refractivity contribution in [2.75, 3.05) is 6.61 Å². The normalized spacial score (nSPS) is 9.19. The Morgan fingerprint density at radius 3 is 2.88 bits per heavy atom. The molecule has 0 aliphatic heterocycles. The summed E-state index contributed by atoms with van der Waals surface area (Å²) >= 11 is 3.39. The van der Waals surface area contributed by atoms with Gasteiger partial charge in [-0.3, -0.25) is 4.79 Å². The fourth-order valence-electron chi connectivity index (χ4n) is 1.19. The maximum absolute atomic E-state index is 11.0. The van der Waals surface area contributed by atoms with Gasteiger partial charge >= 0.3 is 5.97 Å². The molecule has 0 bridgehead atoms. The summed E-state index contributed by atoms with van der Waals surface area (Å²) < 4.78 is 5.81.